The zero-order valence-electron chi connectivity index (χ0n) is 17.4. The lowest BCUT2D eigenvalue weighted by Gasteiger charge is -2.17. The van der Waals surface area contributed by atoms with Gasteiger partial charge in [-0.1, -0.05) is 30.3 Å². The van der Waals surface area contributed by atoms with Gasteiger partial charge in [-0.25, -0.2) is 8.42 Å². The van der Waals surface area contributed by atoms with Crippen molar-refractivity contribution in [3.8, 4) is 5.75 Å². The predicted octanol–water partition coefficient (Wildman–Crippen LogP) is 3.68. The molecule has 1 N–H and O–H groups in total. The predicted molar refractivity (Wildman–Crippen MR) is 119 cm³/mol. The fraction of sp³-hybridized carbons (Fsp3) is 0.136. The van der Waals surface area contributed by atoms with Gasteiger partial charge in [0, 0.05) is 31.3 Å². The molecule has 166 valence electrons. The van der Waals surface area contributed by atoms with Gasteiger partial charge in [0.15, 0.2) is 0 Å². The van der Waals surface area contributed by atoms with Crippen LogP contribution < -0.4 is 9.46 Å². The van der Waals surface area contributed by atoms with Crippen LogP contribution in [0.15, 0.2) is 77.7 Å². The number of hydrogen-bond donors (Lipinski definition) is 1. The van der Waals surface area contributed by atoms with Gasteiger partial charge < -0.3 is 9.64 Å². The van der Waals surface area contributed by atoms with Gasteiger partial charge in [-0.15, -0.1) is 0 Å². The monoisotopic (exact) mass is 455 g/mol. The van der Waals surface area contributed by atoms with Crippen molar-refractivity contribution in [3.63, 3.8) is 0 Å². The third kappa shape index (κ3) is 5.22. The Hall–Kier alpha value is -3.92. The number of carbonyl (C=O) groups is 1. The van der Waals surface area contributed by atoms with Crippen molar-refractivity contribution in [2.75, 3.05) is 18.9 Å². The molecular weight excluding hydrogens is 434 g/mol. The number of nitro benzene ring substituents is 1. The minimum Gasteiger partial charge on any atom is -0.495 e. The van der Waals surface area contributed by atoms with E-state index in [-0.39, 0.29) is 27.9 Å². The number of benzene rings is 3. The van der Waals surface area contributed by atoms with Gasteiger partial charge in [-0.05, 0) is 35.9 Å². The quantitative estimate of drug-likeness (QED) is 0.409. The van der Waals surface area contributed by atoms with Crippen molar-refractivity contribution in [3.05, 3.63) is 94.0 Å². The highest BCUT2D eigenvalue weighted by atomic mass is 32.2. The van der Waals surface area contributed by atoms with E-state index < -0.39 is 14.9 Å². The molecule has 32 heavy (non-hydrogen) atoms. The molecule has 3 aromatic rings. The average Bonchev–Trinajstić information content (AvgIpc) is 2.79. The Bertz CT molecular complexity index is 1230. The molecule has 0 unspecified atom stereocenters. The summed E-state index contributed by atoms with van der Waals surface area (Å²) in [6.07, 6.45) is 0. The topological polar surface area (TPSA) is 119 Å². The van der Waals surface area contributed by atoms with E-state index in [1.54, 1.807) is 7.05 Å². The molecule has 0 spiro atoms. The van der Waals surface area contributed by atoms with Gasteiger partial charge in [0.1, 0.15) is 5.75 Å². The molecule has 9 nitrogen and oxygen atoms in total. The maximum Gasteiger partial charge on any atom is 0.271 e. The molecule has 0 fully saturated rings. The zero-order valence-corrected chi connectivity index (χ0v) is 18.2. The number of nitrogens with one attached hydrogen (secondary N) is 1. The molecule has 0 saturated carbocycles. The number of methoxy groups -OCH3 is 1. The van der Waals surface area contributed by atoms with Crippen LogP contribution in [0.2, 0.25) is 0 Å². The molecule has 3 rings (SSSR count). The highest BCUT2D eigenvalue weighted by molar-refractivity contribution is 7.92. The normalized spacial score (nSPS) is 10.9. The minimum atomic E-state index is -4.08. The number of ether oxygens (including phenoxy) is 1. The number of sulfonamides is 1. The lowest BCUT2D eigenvalue weighted by molar-refractivity contribution is -0.384. The van der Waals surface area contributed by atoms with E-state index in [2.05, 4.69) is 4.72 Å². The van der Waals surface area contributed by atoms with Crippen LogP contribution in [-0.2, 0) is 16.6 Å². The summed E-state index contributed by atoms with van der Waals surface area (Å²) in [5.41, 5.74) is 0.948. The first-order chi connectivity index (χ1) is 15.2. The maximum absolute atomic E-state index is 12.8. The van der Waals surface area contributed by atoms with Crippen LogP contribution in [0.4, 0.5) is 11.4 Å². The van der Waals surface area contributed by atoms with E-state index >= 15 is 0 Å². The summed E-state index contributed by atoms with van der Waals surface area (Å²) >= 11 is 0. The van der Waals surface area contributed by atoms with E-state index in [9.17, 15) is 23.3 Å². The van der Waals surface area contributed by atoms with E-state index in [1.807, 2.05) is 30.3 Å². The van der Waals surface area contributed by atoms with Gasteiger partial charge in [-0.2, -0.15) is 0 Å². The Morgan fingerprint density at radius 1 is 1.06 bits per heavy atom. The number of non-ortho nitro benzene ring substituents is 1. The second kappa shape index (κ2) is 9.48. The molecule has 3 aromatic carbocycles. The number of nitrogens with zero attached hydrogens (tertiary/aromatic N) is 2. The van der Waals surface area contributed by atoms with Crippen LogP contribution in [0.5, 0.6) is 5.75 Å². The molecule has 0 bridgehead atoms. The van der Waals surface area contributed by atoms with Crippen LogP contribution in [0, 0.1) is 10.1 Å². The van der Waals surface area contributed by atoms with Crippen LogP contribution in [0.3, 0.4) is 0 Å². The van der Waals surface area contributed by atoms with E-state index in [4.69, 9.17) is 4.74 Å². The summed E-state index contributed by atoms with van der Waals surface area (Å²) in [6.45, 7) is 0.411. The molecule has 0 atom stereocenters. The first kappa shape index (κ1) is 22.8. The van der Waals surface area contributed by atoms with Crippen molar-refractivity contribution in [1.82, 2.24) is 4.90 Å². The summed E-state index contributed by atoms with van der Waals surface area (Å²) < 4.78 is 32.9. The summed E-state index contributed by atoms with van der Waals surface area (Å²) in [7, 11) is -1.09. The number of anilines is 1. The number of carbonyl (C=O) groups excluding carboxylic acids is 1. The molecule has 1 amide bonds. The lowest BCUT2D eigenvalue weighted by Crippen LogP contribution is -2.26. The van der Waals surface area contributed by atoms with E-state index in [0.29, 0.717) is 12.1 Å². The highest BCUT2D eigenvalue weighted by Crippen LogP contribution is 2.31. The van der Waals surface area contributed by atoms with Gasteiger partial charge >= 0.3 is 0 Å². The van der Waals surface area contributed by atoms with Gasteiger partial charge in [0.05, 0.1) is 22.6 Å². The number of amides is 1. The molecule has 10 heteroatoms. The Morgan fingerprint density at radius 2 is 1.72 bits per heavy atom. The fourth-order valence-electron chi connectivity index (χ4n) is 3.02. The van der Waals surface area contributed by atoms with Crippen LogP contribution in [0.1, 0.15) is 15.9 Å². The SMILES string of the molecule is COc1ccc([N+](=O)[O-])cc1NS(=O)(=O)c1ccc(C(=O)N(C)Cc2ccccc2)cc1. The number of rotatable bonds is 8. The summed E-state index contributed by atoms with van der Waals surface area (Å²) in [5.74, 6) is -0.125. The van der Waals surface area contributed by atoms with Crippen LogP contribution in [0.25, 0.3) is 0 Å². The molecule has 0 aliphatic heterocycles. The minimum absolute atomic E-state index is 0.0653. The fourth-order valence-corrected chi connectivity index (χ4v) is 4.08. The number of nitro groups is 1. The smallest absolute Gasteiger partial charge is 0.271 e. The third-order valence-electron chi connectivity index (χ3n) is 4.66. The maximum atomic E-state index is 12.8. The zero-order chi connectivity index (χ0) is 23.3. The van der Waals surface area contributed by atoms with E-state index in [0.717, 1.165) is 11.6 Å². The van der Waals surface area contributed by atoms with Gasteiger partial charge in [-0.3, -0.25) is 19.6 Å². The average molecular weight is 455 g/mol. The van der Waals surface area contributed by atoms with Crippen molar-refractivity contribution >= 4 is 27.3 Å². The van der Waals surface area contributed by atoms with Crippen LogP contribution >= 0.6 is 0 Å². The van der Waals surface area contributed by atoms with Crippen molar-refractivity contribution in [1.29, 1.82) is 0 Å². The second-order valence-corrected chi connectivity index (χ2v) is 8.60. The molecule has 0 aliphatic rings. The Balaban J connectivity index is 1.78. The molecule has 0 aromatic heterocycles. The standard InChI is InChI=1S/C22H21N3O6S/c1-24(15-16-6-4-3-5-7-16)22(26)17-8-11-19(12-9-17)32(29,30)23-20-14-18(25(27)28)10-13-21(20)31-2/h3-14,23H,15H2,1-2H3. The van der Waals surface area contributed by atoms with Crippen molar-refractivity contribution in [2.45, 2.75) is 11.4 Å². The van der Waals surface area contributed by atoms with Gasteiger partial charge in [0.2, 0.25) is 0 Å². The summed E-state index contributed by atoms with van der Waals surface area (Å²) in [6, 6.07) is 18.5. The van der Waals surface area contributed by atoms with Crippen molar-refractivity contribution in [2.24, 2.45) is 0 Å². The molecule has 0 saturated heterocycles. The van der Waals surface area contributed by atoms with E-state index in [1.165, 1.54) is 48.4 Å². The van der Waals surface area contributed by atoms with Crippen LogP contribution in [-0.4, -0.2) is 38.3 Å². The molecule has 0 radical (unpaired) electrons. The first-order valence-electron chi connectivity index (χ1n) is 9.46. The highest BCUT2D eigenvalue weighted by Gasteiger charge is 2.20. The summed E-state index contributed by atoms with van der Waals surface area (Å²) in [4.78, 5) is 24.5. The van der Waals surface area contributed by atoms with Crippen molar-refractivity contribution < 1.29 is 22.9 Å². The lowest BCUT2D eigenvalue weighted by atomic mass is 10.1. The Kier molecular flexibility index (Phi) is 6.74. The third-order valence-corrected chi connectivity index (χ3v) is 6.04. The first-order valence-corrected chi connectivity index (χ1v) is 10.9. The summed E-state index contributed by atoms with van der Waals surface area (Å²) in [5, 5.41) is 11.0. The largest absolute Gasteiger partial charge is 0.495 e. The molecule has 0 aliphatic carbocycles. The second-order valence-electron chi connectivity index (χ2n) is 6.92. The molecular formula is C22H21N3O6S. The molecule has 0 heterocycles. The van der Waals surface area contributed by atoms with Gasteiger partial charge in [0.25, 0.3) is 21.6 Å². The Morgan fingerprint density at radius 3 is 2.31 bits per heavy atom. The Labute approximate surface area is 185 Å². The number of hydrogen-bond acceptors (Lipinski definition) is 6.